The lowest BCUT2D eigenvalue weighted by atomic mass is 9.43. The summed E-state index contributed by atoms with van der Waals surface area (Å²) in [6, 6.07) is 0. The second-order valence-corrected chi connectivity index (χ2v) is 13.1. The summed E-state index contributed by atoms with van der Waals surface area (Å²) in [5, 5.41) is 22.0. The molecule has 2 heterocycles. The van der Waals surface area contributed by atoms with E-state index in [2.05, 4.69) is 27.7 Å². The Balaban J connectivity index is 1.34. The first-order valence-electron chi connectivity index (χ1n) is 13.3. The van der Waals surface area contributed by atoms with E-state index in [4.69, 9.17) is 9.47 Å². The molecule has 0 aromatic heterocycles. The van der Waals surface area contributed by atoms with Crippen LogP contribution in [0.15, 0.2) is 0 Å². The molecule has 13 atom stereocenters. The van der Waals surface area contributed by atoms with Gasteiger partial charge in [0.05, 0.1) is 18.8 Å². The maximum atomic E-state index is 14.0. The van der Waals surface area contributed by atoms with Gasteiger partial charge in [-0.2, -0.15) is 0 Å². The van der Waals surface area contributed by atoms with E-state index in [1.165, 1.54) is 0 Å². The SMILES string of the molecule is C[C@@H]1CC[C@@]2(OC1)O[C@H]1C[C@H]3[C@@H]4CC[C@H]5C[C@@H](O)CC[C@]5(C)[C@H]4C(=O)[C@H](O)[C@]3(C)[C@H]1[C@@H]2C. The molecule has 1 spiro atoms. The predicted octanol–water partition coefficient (Wildman–Crippen LogP) is 3.94. The van der Waals surface area contributed by atoms with Crippen LogP contribution in [0, 0.1) is 52.3 Å². The zero-order valence-corrected chi connectivity index (χ0v) is 20.3. The molecule has 32 heavy (non-hydrogen) atoms. The molecule has 2 saturated heterocycles. The van der Waals surface area contributed by atoms with Crippen LogP contribution in [-0.2, 0) is 14.3 Å². The molecule has 2 N–H and O–H groups in total. The van der Waals surface area contributed by atoms with E-state index < -0.39 is 17.3 Å². The molecule has 0 aromatic carbocycles. The fourth-order valence-corrected chi connectivity index (χ4v) is 10.0. The number of Topliss-reactive ketones (excluding diaryl/α,β-unsaturated/α-hetero) is 1. The summed E-state index contributed by atoms with van der Waals surface area (Å²) < 4.78 is 13.1. The molecule has 4 saturated carbocycles. The molecule has 0 amide bonds. The molecule has 5 nitrogen and oxygen atoms in total. The van der Waals surface area contributed by atoms with Crippen LogP contribution in [0.2, 0.25) is 0 Å². The average Bonchev–Trinajstić information content (AvgIpc) is 3.20. The summed E-state index contributed by atoms with van der Waals surface area (Å²) in [4.78, 5) is 14.0. The monoisotopic (exact) mass is 446 g/mol. The largest absolute Gasteiger partial charge is 0.393 e. The Morgan fingerprint density at radius 1 is 1.00 bits per heavy atom. The number of rotatable bonds is 0. The second-order valence-electron chi connectivity index (χ2n) is 13.1. The zero-order chi connectivity index (χ0) is 22.6. The van der Waals surface area contributed by atoms with Crippen LogP contribution in [0.4, 0.5) is 0 Å². The molecule has 5 heteroatoms. The fourth-order valence-electron chi connectivity index (χ4n) is 10.0. The van der Waals surface area contributed by atoms with Crippen molar-refractivity contribution < 1.29 is 24.5 Å². The van der Waals surface area contributed by atoms with E-state index in [0.717, 1.165) is 58.0 Å². The molecule has 2 aliphatic heterocycles. The van der Waals surface area contributed by atoms with Crippen molar-refractivity contribution in [3.63, 3.8) is 0 Å². The standard InChI is InChI=1S/C27H42O5/c1-14-7-10-27(31-13-14)15(2)21-20(32-27)12-19-18-6-5-16-11-17(28)8-9-25(16,3)22(18)23(29)24(30)26(19,21)4/h14-22,24,28,30H,5-13H2,1-4H3/t14-,15+,16+,17+,18+,19+,20+,21+,22-,24+,25+,26+,27-/m1/s1. The third-order valence-corrected chi connectivity index (χ3v) is 11.8. The number of hydrogen-bond acceptors (Lipinski definition) is 5. The van der Waals surface area contributed by atoms with Gasteiger partial charge in [-0.1, -0.05) is 27.7 Å². The number of aliphatic hydroxyl groups is 2. The highest BCUT2D eigenvalue weighted by Crippen LogP contribution is 2.70. The summed E-state index contributed by atoms with van der Waals surface area (Å²) in [7, 11) is 0. The first kappa shape index (κ1) is 22.0. The van der Waals surface area contributed by atoms with Gasteiger partial charge in [0, 0.05) is 29.6 Å². The molecule has 0 aromatic rings. The van der Waals surface area contributed by atoms with E-state index in [1.54, 1.807) is 0 Å². The Kier molecular flexibility index (Phi) is 4.83. The summed E-state index contributed by atoms with van der Waals surface area (Å²) in [6.45, 7) is 9.70. The lowest BCUT2D eigenvalue weighted by molar-refractivity contribution is -0.273. The van der Waals surface area contributed by atoms with E-state index in [1.807, 2.05) is 0 Å². The molecule has 0 unspecified atom stereocenters. The van der Waals surface area contributed by atoms with Crippen molar-refractivity contribution in [1.82, 2.24) is 0 Å². The zero-order valence-electron chi connectivity index (χ0n) is 20.3. The third-order valence-electron chi connectivity index (χ3n) is 11.8. The summed E-state index contributed by atoms with van der Waals surface area (Å²) in [5.74, 6) is 1.45. The van der Waals surface area contributed by atoms with Crippen molar-refractivity contribution in [2.45, 2.75) is 103 Å². The Hall–Kier alpha value is -0.490. The number of fused-ring (bicyclic) bond motifs is 7. The Morgan fingerprint density at radius 3 is 2.50 bits per heavy atom. The smallest absolute Gasteiger partial charge is 0.171 e. The molecular formula is C27H42O5. The van der Waals surface area contributed by atoms with E-state index >= 15 is 0 Å². The molecular weight excluding hydrogens is 404 g/mol. The van der Waals surface area contributed by atoms with Crippen molar-refractivity contribution in [2.24, 2.45) is 52.3 Å². The topological polar surface area (TPSA) is 76.0 Å². The van der Waals surface area contributed by atoms with Gasteiger partial charge in [0.15, 0.2) is 11.6 Å². The highest BCUT2D eigenvalue weighted by molar-refractivity contribution is 5.88. The van der Waals surface area contributed by atoms with Gasteiger partial charge in [-0.3, -0.25) is 4.79 Å². The van der Waals surface area contributed by atoms with Gasteiger partial charge in [0.25, 0.3) is 0 Å². The minimum absolute atomic E-state index is 0.0725. The Morgan fingerprint density at radius 2 is 1.78 bits per heavy atom. The summed E-state index contributed by atoms with van der Waals surface area (Å²) in [5.41, 5.74) is -0.523. The molecule has 6 rings (SSSR count). The lowest BCUT2D eigenvalue weighted by Crippen LogP contribution is -2.64. The van der Waals surface area contributed by atoms with E-state index in [9.17, 15) is 15.0 Å². The highest BCUT2D eigenvalue weighted by atomic mass is 16.7. The minimum atomic E-state index is -0.921. The van der Waals surface area contributed by atoms with Crippen molar-refractivity contribution >= 4 is 5.78 Å². The van der Waals surface area contributed by atoms with Crippen LogP contribution in [0.25, 0.3) is 0 Å². The van der Waals surface area contributed by atoms with Crippen LogP contribution < -0.4 is 0 Å². The van der Waals surface area contributed by atoms with Gasteiger partial charge < -0.3 is 19.7 Å². The van der Waals surface area contributed by atoms with Crippen molar-refractivity contribution in [1.29, 1.82) is 0 Å². The fraction of sp³-hybridized carbons (Fsp3) is 0.963. The average molecular weight is 447 g/mol. The van der Waals surface area contributed by atoms with Crippen molar-refractivity contribution in [3.05, 3.63) is 0 Å². The highest BCUT2D eigenvalue weighted by Gasteiger charge is 2.73. The van der Waals surface area contributed by atoms with Crippen LogP contribution >= 0.6 is 0 Å². The number of carbonyl (C=O) groups is 1. The number of carbonyl (C=O) groups excluding carboxylic acids is 1. The number of aliphatic hydroxyl groups excluding tert-OH is 2. The van der Waals surface area contributed by atoms with Crippen molar-refractivity contribution in [2.75, 3.05) is 6.61 Å². The van der Waals surface area contributed by atoms with Crippen LogP contribution in [0.3, 0.4) is 0 Å². The normalized spacial score (nSPS) is 61.8. The van der Waals surface area contributed by atoms with Gasteiger partial charge in [-0.25, -0.2) is 0 Å². The van der Waals surface area contributed by atoms with Crippen LogP contribution in [0.5, 0.6) is 0 Å². The first-order valence-corrected chi connectivity index (χ1v) is 13.3. The van der Waals surface area contributed by atoms with E-state index in [-0.39, 0.29) is 41.2 Å². The first-order chi connectivity index (χ1) is 15.1. The third kappa shape index (κ3) is 2.63. The van der Waals surface area contributed by atoms with E-state index in [0.29, 0.717) is 23.7 Å². The van der Waals surface area contributed by atoms with Gasteiger partial charge in [0.1, 0.15) is 6.10 Å². The van der Waals surface area contributed by atoms with Gasteiger partial charge in [-0.05, 0) is 74.0 Å². The molecule has 4 aliphatic carbocycles. The predicted molar refractivity (Wildman–Crippen MR) is 120 cm³/mol. The van der Waals surface area contributed by atoms with Crippen LogP contribution in [-0.4, -0.2) is 46.7 Å². The quantitative estimate of drug-likeness (QED) is 0.589. The second kappa shape index (κ2) is 7.02. The Labute approximate surface area is 192 Å². The number of ether oxygens (including phenoxy) is 2. The van der Waals surface area contributed by atoms with Crippen molar-refractivity contribution in [3.8, 4) is 0 Å². The maximum Gasteiger partial charge on any atom is 0.171 e. The molecule has 6 aliphatic rings. The number of ketones is 1. The van der Waals surface area contributed by atoms with Gasteiger partial charge in [0.2, 0.25) is 0 Å². The van der Waals surface area contributed by atoms with Gasteiger partial charge >= 0.3 is 0 Å². The summed E-state index contributed by atoms with van der Waals surface area (Å²) >= 11 is 0. The molecule has 0 bridgehead atoms. The number of hydrogen-bond donors (Lipinski definition) is 2. The molecule has 0 radical (unpaired) electrons. The lowest BCUT2D eigenvalue weighted by Gasteiger charge is -2.61. The molecule has 6 fully saturated rings. The maximum absolute atomic E-state index is 14.0. The summed E-state index contributed by atoms with van der Waals surface area (Å²) in [6.07, 6.45) is 6.54. The van der Waals surface area contributed by atoms with Crippen LogP contribution in [0.1, 0.15) is 79.1 Å². The van der Waals surface area contributed by atoms with Gasteiger partial charge in [-0.15, -0.1) is 0 Å². The minimum Gasteiger partial charge on any atom is -0.393 e. The molecule has 180 valence electrons. The Bertz CT molecular complexity index is 789.